The molecule has 0 N–H and O–H groups in total. The van der Waals surface area contributed by atoms with Crippen LogP contribution in [0.4, 0.5) is 0 Å². The second-order valence-electron chi connectivity index (χ2n) is 8.64. The lowest BCUT2D eigenvalue weighted by Gasteiger charge is -2.17. The summed E-state index contributed by atoms with van der Waals surface area (Å²) in [6, 6.07) is 19.0. The number of sulfonamides is 1. The fourth-order valence-electron chi connectivity index (χ4n) is 3.78. The zero-order chi connectivity index (χ0) is 26.7. The molecular formula is C27H27N3O5S2. The molecule has 0 atom stereocenters. The summed E-state index contributed by atoms with van der Waals surface area (Å²) in [5, 5.41) is 0. The van der Waals surface area contributed by atoms with Crippen LogP contribution in [0.2, 0.25) is 0 Å². The monoisotopic (exact) mass is 537 g/mol. The van der Waals surface area contributed by atoms with Crippen LogP contribution in [0, 0.1) is 13.8 Å². The van der Waals surface area contributed by atoms with Gasteiger partial charge in [0.25, 0.3) is 5.91 Å². The Morgan fingerprint density at radius 3 is 2.30 bits per heavy atom. The van der Waals surface area contributed by atoms with Gasteiger partial charge in [-0.25, -0.2) is 8.42 Å². The molecule has 1 amide bonds. The molecule has 0 unspecified atom stereocenters. The molecule has 0 spiro atoms. The van der Waals surface area contributed by atoms with Crippen LogP contribution in [-0.2, 0) is 32.6 Å². The number of amides is 1. The Labute approximate surface area is 219 Å². The van der Waals surface area contributed by atoms with Crippen LogP contribution < -0.4 is 4.80 Å². The highest BCUT2D eigenvalue weighted by Gasteiger charge is 2.21. The van der Waals surface area contributed by atoms with Gasteiger partial charge in [0, 0.05) is 19.2 Å². The van der Waals surface area contributed by atoms with Gasteiger partial charge in [-0.1, -0.05) is 41.7 Å². The molecule has 0 fully saturated rings. The van der Waals surface area contributed by atoms with Gasteiger partial charge in [-0.3, -0.25) is 9.59 Å². The fraction of sp³-hybridized carbons (Fsp3) is 0.222. The second kappa shape index (κ2) is 10.8. The average Bonchev–Trinajstić information content (AvgIpc) is 3.19. The fourth-order valence-corrected chi connectivity index (χ4v) is 6.05. The largest absolute Gasteiger partial charge is 0.468 e. The summed E-state index contributed by atoms with van der Waals surface area (Å²) < 4.78 is 34.7. The second-order valence-corrected chi connectivity index (χ2v) is 11.7. The smallest absolute Gasteiger partial charge is 0.325 e. The first kappa shape index (κ1) is 26.5. The molecule has 0 saturated heterocycles. The van der Waals surface area contributed by atoms with Crippen molar-refractivity contribution in [2.45, 2.75) is 31.8 Å². The molecule has 4 aromatic rings. The molecule has 1 heterocycles. The highest BCUT2D eigenvalue weighted by atomic mass is 32.2. The highest BCUT2D eigenvalue weighted by molar-refractivity contribution is 7.89. The number of rotatable bonds is 7. The van der Waals surface area contributed by atoms with E-state index in [0.717, 1.165) is 26.9 Å². The number of thiazole rings is 1. The summed E-state index contributed by atoms with van der Waals surface area (Å²) in [4.78, 5) is 29.8. The van der Waals surface area contributed by atoms with E-state index in [9.17, 15) is 18.0 Å². The topological polar surface area (TPSA) is 98.0 Å². The Hall–Kier alpha value is -3.60. The van der Waals surface area contributed by atoms with Crippen molar-refractivity contribution in [3.63, 3.8) is 0 Å². The van der Waals surface area contributed by atoms with Crippen LogP contribution in [0.5, 0.6) is 0 Å². The first-order valence-corrected chi connectivity index (χ1v) is 13.7. The van der Waals surface area contributed by atoms with Crippen molar-refractivity contribution in [3.05, 3.63) is 93.8 Å². The van der Waals surface area contributed by atoms with Crippen molar-refractivity contribution in [3.8, 4) is 0 Å². The van der Waals surface area contributed by atoms with E-state index >= 15 is 0 Å². The maximum atomic E-state index is 13.0. The minimum absolute atomic E-state index is 0.0797. The number of benzene rings is 3. The van der Waals surface area contributed by atoms with E-state index in [1.807, 2.05) is 56.3 Å². The van der Waals surface area contributed by atoms with Crippen LogP contribution in [0.1, 0.15) is 27.0 Å². The van der Waals surface area contributed by atoms with Gasteiger partial charge in [0.05, 0.1) is 22.2 Å². The SMILES string of the molecule is COC(=O)Cn1c(=NC(=O)c2ccc(S(=O)(=O)N(C)Cc3ccccc3)cc2)sc2cc(C)c(C)cc21. The quantitative estimate of drug-likeness (QED) is 0.331. The molecule has 4 rings (SSSR count). The Morgan fingerprint density at radius 1 is 1.00 bits per heavy atom. The summed E-state index contributed by atoms with van der Waals surface area (Å²) in [7, 11) is -0.926. The molecule has 0 bridgehead atoms. The van der Waals surface area contributed by atoms with E-state index in [1.54, 1.807) is 4.57 Å². The van der Waals surface area contributed by atoms with Crippen molar-refractivity contribution < 1.29 is 22.7 Å². The van der Waals surface area contributed by atoms with E-state index in [2.05, 4.69) is 4.99 Å². The molecule has 3 aromatic carbocycles. The Morgan fingerprint density at radius 2 is 1.65 bits per heavy atom. The molecular weight excluding hydrogens is 510 g/mol. The van der Waals surface area contributed by atoms with E-state index < -0.39 is 21.9 Å². The van der Waals surface area contributed by atoms with Gasteiger partial charge >= 0.3 is 5.97 Å². The van der Waals surface area contributed by atoms with Crippen LogP contribution in [-0.4, -0.2) is 43.3 Å². The van der Waals surface area contributed by atoms with Crippen LogP contribution in [0.15, 0.2) is 76.6 Å². The van der Waals surface area contributed by atoms with Crippen molar-refractivity contribution in [2.24, 2.45) is 4.99 Å². The molecule has 37 heavy (non-hydrogen) atoms. The average molecular weight is 538 g/mol. The van der Waals surface area contributed by atoms with Crippen LogP contribution >= 0.6 is 11.3 Å². The van der Waals surface area contributed by atoms with Crippen molar-refractivity contribution in [1.82, 2.24) is 8.87 Å². The first-order chi connectivity index (χ1) is 17.6. The summed E-state index contributed by atoms with van der Waals surface area (Å²) in [5.74, 6) is -0.999. The maximum absolute atomic E-state index is 13.0. The number of fused-ring (bicyclic) bond motifs is 1. The van der Waals surface area contributed by atoms with Gasteiger partial charge in [0.15, 0.2) is 4.80 Å². The van der Waals surface area contributed by atoms with Crippen molar-refractivity contribution in [1.29, 1.82) is 0 Å². The Balaban J connectivity index is 1.64. The predicted molar refractivity (Wildman–Crippen MR) is 143 cm³/mol. The number of carbonyl (C=O) groups excluding carboxylic acids is 2. The molecule has 0 aliphatic carbocycles. The Kier molecular flexibility index (Phi) is 7.72. The van der Waals surface area contributed by atoms with Gasteiger partial charge in [0.1, 0.15) is 6.54 Å². The molecule has 0 aliphatic rings. The number of nitrogens with zero attached hydrogens (tertiary/aromatic N) is 3. The molecule has 0 saturated carbocycles. The molecule has 0 aliphatic heterocycles. The van der Waals surface area contributed by atoms with Gasteiger partial charge in [0.2, 0.25) is 10.0 Å². The number of esters is 1. The predicted octanol–water partition coefficient (Wildman–Crippen LogP) is 4.05. The lowest BCUT2D eigenvalue weighted by atomic mass is 10.1. The number of aromatic nitrogens is 1. The molecule has 192 valence electrons. The zero-order valence-electron chi connectivity index (χ0n) is 21.0. The van der Waals surface area contributed by atoms with Gasteiger partial charge < -0.3 is 9.30 Å². The van der Waals surface area contributed by atoms with Crippen LogP contribution in [0.3, 0.4) is 0 Å². The molecule has 0 radical (unpaired) electrons. The summed E-state index contributed by atoms with van der Waals surface area (Å²) >= 11 is 1.30. The Bertz CT molecular complexity index is 1640. The molecule has 1 aromatic heterocycles. The summed E-state index contributed by atoms with van der Waals surface area (Å²) in [6.45, 7) is 4.11. The number of aryl methyl sites for hydroxylation is 2. The number of hydrogen-bond donors (Lipinski definition) is 0. The summed E-state index contributed by atoms with van der Waals surface area (Å²) in [6.07, 6.45) is 0. The molecule has 10 heteroatoms. The number of methoxy groups -OCH3 is 1. The number of ether oxygens (including phenoxy) is 1. The normalized spacial score (nSPS) is 12.3. The minimum Gasteiger partial charge on any atom is -0.468 e. The van der Waals surface area contributed by atoms with Crippen molar-refractivity contribution >= 4 is 43.5 Å². The highest BCUT2D eigenvalue weighted by Crippen LogP contribution is 2.23. The van der Waals surface area contributed by atoms with Gasteiger partial charge in [-0.05, 0) is 66.9 Å². The minimum atomic E-state index is -3.75. The number of hydrogen-bond acceptors (Lipinski definition) is 6. The third-order valence-electron chi connectivity index (χ3n) is 6.07. The standard InChI is InChI=1S/C27H27N3O5S2/c1-18-14-23-24(15-19(18)2)36-27(30(23)17-25(31)35-4)28-26(32)21-10-12-22(13-11-21)37(33,34)29(3)16-20-8-6-5-7-9-20/h5-15H,16-17H2,1-4H3. The third kappa shape index (κ3) is 5.71. The lowest BCUT2D eigenvalue weighted by molar-refractivity contribution is -0.141. The van der Waals surface area contributed by atoms with Gasteiger partial charge in [-0.15, -0.1) is 0 Å². The summed E-state index contributed by atoms with van der Waals surface area (Å²) in [5.41, 5.74) is 4.03. The van der Waals surface area contributed by atoms with Crippen molar-refractivity contribution in [2.75, 3.05) is 14.2 Å². The van der Waals surface area contributed by atoms with E-state index in [-0.39, 0.29) is 23.5 Å². The van der Waals surface area contributed by atoms with E-state index in [4.69, 9.17) is 4.74 Å². The zero-order valence-corrected chi connectivity index (χ0v) is 22.6. The molecule has 8 nitrogen and oxygen atoms in total. The van der Waals surface area contributed by atoms with Crippen LogP contribution in [0.25, 0.3) is 10.2 Å². The van der Waals surface area contributed by atoms with E-state index in [1.165, 1.54) is 54.1 Å². The van der Waals surface area contributed by atoms with Gasteiger partial charge in [-0.2, -0.15) is 9.30 Å². The lowest BCUT2D eigenvalue weighted by Crippen LogP contribution is -2.26. The maximum Gasteiger partial charge on any atom is 0.325 e. The number of carbonyl (C=O) groups is 2. The third-order valence-corrected chi connectivity index (χ3v) is 8.93. The first-order valence-electron chi connectivity index (χ1n) is 11.5. The van der Waals surface area contributed by atoms with E-state index in [0.29, 0.717) is 4.80 Å².